The predicted octanol–water partition coefficient (Wildman–Crippen LogP) is 3.96. The van der Waals surface area contributed by atoms with Crippen molar-refractivity contribution in [2.75, 3.05) is 10.7 Å². The lowest BCUT2D eigenvalue weighted by Crippen LogP contribution is -2.33. The first-order chi connectivity index (χ1) is 9.13. The highest BCUT2D eigenvalue weighted by molar-refractivity contribution is 7.80. The topological polar surface area (TPSA) is 36.1 Å². The zero-order valence-electron chi connectivity index (χ0n) is 10.4. The molecule has 0 atom stereocenters. The Balaban J connectivity index is 1.84. The van der Waals surface area contributed by atoms with E-state index in [0.717, 1.165) is 11.4 Å². The Labute approximate surface area is 123 Å². The van der Waals surface area contributed by atoms with E-state index in [9.17, 15) is 0 Å². The van der Waals surface area contributed by atoms with Gasteiger partial charge in [-0.3, -0.25) is 10.9 Å². The molecule has 0 saturated carbocycles. The maximum Gasteiger partial charge on any atom is 0.189 e. The fourth-order valence-electron chi connectivity index (χ4n) is 1.46. The molecular weight excluding hydrogens is 278 g/mol. The van der Waals surface area contributed by atoms with Crippen molar-refractivity contribution in [3.05, 3.63) is 59.1 Å². The minimum absolute atomic E-state index is 0.489. The minimum Gasteiger partial charge on any atom is -0.331 e. The first-order valence-corrected chi connectivity index (χ1v) is 6.57. The minimum atomic E-state index is 0.489. The van der Waals surface area contributed by atoms with Crippen LogP contribution in [0.15, 0.2) is 48.5 Å². The summed E-state index contributed by atoms with van der Waals surface area (Å²) < 4.78 is 0. The van der Waals surface area contributed by atoms with Crippen molar-refractivity contribution >= 4 is 40.3 Å². The monoisotopic (exact) mass is 291 g/mol. The standard InChI is InChI=1S/C14H14ClN3S/c1-10-2-6-13(7-3-10)17-18-14(19)16-12-8-4-11(15)5-9-12/h2-9,17H,1H3,(H2,16,18,19). The van der Waals surface area contributed by atoms with E-state index in [2.05, 4.69) is 16.2 Å². The quantitative estimate of drug-likeness (QED) is 0.591. The Kier molecular flexibility index (Phi) is 4.60. The summed E-state index contributed by atoms with van der Waals surface area (Å²) in [6, 6.07) is 15.4. The third-order valence-electron chi connectivity index (χ3n) is 2.47. The number of hydrogen-bond donors (Lipinski definition) is 3. The number of benzene rings is 2. The van der Waals surface area contributed by atoms with Crippen molar-refractivity contribution in [2.24, 2.45) is 0 Å². The molecule has 3 N–H and O–H groups in total. The van der Waals surface area contributed by atoms with Gasteiger partial charge >= 0.3 is 0 Å². The summed E-state index contributed by atoms with van der Waals surface area (Å²) in [4.78, 5) is 0. The van der Waals surface area contributed by atoms with Gasteiger partial charge in [-0.2, -0.15) is 0 Å². The summed E-state index contributed by atoms with van der Waals surface area (Å²) in [7, 11) is 0. The Morgan fingerprint density at radius 1 is 0.947 bits per heavy atom. The first-order valence-electron chi connectivity index (χ1n) is 5.79. The summed E-state index contributed by atoms with van der Waals surface area (Å²) in [6.07, 6.45) is 0. The molecule has 0 unspecified atom stereocenters. The van der Waals surface area contributed by atoms with Gasteiger partial charge in [0.2, 0.25) is 0 Å². The molecule has 0 aromatic heterocycles. The Morgan fingerprint density at radius 2 is 1.53 bits per heavy atom. The van der Waals surface area contributed by atoms with Crippen LogP contribution in [-0.2, 0) is 0 Å². The molecule has 0 saturated heterocycles. The van der Waals surface area contributed by atoms with Gasteiger partial charge in [0.05, 0.1) is 5.69 Å². The van der Waals surface area contributed by atoms with Crippen molar-refractivity contribution in [1.82, 2.24) is 5.43 Å². The fraction of sp³-hybridized carbons (Fsp3) is 0.0714. The number of hydrogen-bond acceptors (Lipinski definition) is 2. The van der Waals surface area contributed by atoms with E-state index in [1.54, 1.807) is 12.1 Å². The number of thiocarbonyl (C=S) groups is 1. The van der Waals surface area contributed by atoms with E-state index < -0.39 is 0 Å². The molecule has 0 fully saturated rings. The molecule has 2 aromatic rings. The lowest BCUT2D eigenvalue weighted by molar-refractivity contribution is 1.14. The third kappa shape index (κ3) is 4.43. The normalized spacial score (nSPS) is 9.79. The smallest absolute Gasteiger partial charge is 0.189 e. The molecule has 0 amide bonds. The van der Waals surface area contributed by atoms with Crippen LogP contribution in [0.25, 0.3) is 0 Å². The molecule has 2 rings (SSSR count). The number of anilines is 2. The Hall–Kier alpha value is -1.78. The molecule has 0 aliphatic heterocycles. The summed E-state index contributed by atoms with van der Waals surface area (Å²) in [5.41, 5.74) is 8.99. The summed E-state index contributed by atoms with van der Waals surface area (Å²) in [5.74, 6) is 0. The van der Waals surface area contributed by atoms with Gasteiger partial charge in [0.1, 0.15) is 0 Å². The van der Waals surface area contributed by atoms with Gasteiger partial charge in [-0.25, -0.2) is 0 Å². The van der Waals surface area contributed by atoms with Crippen molar-refractivity contribution < 1.29 is 0 Å². The Bertz CT molecular complexity index is 552. The van der Waals surface area contributed by atoms with Crippen molar-refractivity contribution in [1.29, 1.82) is 0 Å². The summed E-state index contributed by atoms with van der Waals surface area (Å²) in [6.45, 7) is 2.05. The van der Waals surface area contributed by atoms with E-state index >= 15 is 0 Å². The molecule has 0 aliphatic carbocycles. The van der Waals surface area contributed by atoms with Crippen molar-refractivity contribution in [3.63, 3.8) is 0 Å². The highest BCUT2D eigenvalue weighted by Gasteiger charge is 1.97. The molecule has 0 radical (unpaired) electrons. The average molecular weight is 292 g/mol. The van der Waals surface area contributed by atoms with Gasteiger partial charge in [-0.05, 0) is 55.5 Å². The molecule has 2 aromatic carbocycles. The molecule has 0 bridgehead atoms. The van der Waals surface area contributed by atoms with Gasteiger partial charge in [-0.1, -0.05) is 29.3 Å². The van der Waals surface area contributed by atoms with Crippen LogP contribution in [0.5, 0.6) is 0 Å². The zero-order valence-corrected chi connectivity index (χ0v) is 12.0. The maximum atomic E-state index is 5.81. The Morgan fingerprint density at radius 3 is 2.16 bits per heavy atom. The van der Waals surface area contributed by atoms with Gasteiger partial charge in [-0.15, -0.1) is 0 Å². The van der Waals surface area contributed by atoms with Crippen molar-refractivity contribution in [3.8, 4) is 0 Å². The lowest BCUT2D eigenvalue weighted by atomic mass is 10.2. The number of nitrogens with one attached hydrogen (secondary N) is 3. The summed E-state index contributed by atoms with van der Waals surface area (Å²) in [5, 5.41) is 4.24. The van der Waals surface area contributed by atoms with E-state index in [-0.39, 0.29) is 0 Å². The van der Waals surface area contributed by atoms with Crippen LogP contribution in [0.1, 0.15) is 5.56 Å². The van der Waals surface area contributed by atoms with Crippen LogP contribution in [-0.4, -0.2) is 5.11 Å². The molecule has 0 aliphatic rings. The zero-order chi connectivity index (χ0) is 13.7. The first kappa shape index (κ1) is 13.6. The van der Waals surface area contributed by atoms with Crippen LogP contribution in [0.3, 0.4) is 0 Å². The second-order valence-corrected chi connectivity index (χ2v) is 4.92. The number of hydrazine groups is 1. The van der Waals surface area contributed by atoms with Gasteiger partial charge in [0, 0.05) is 10.7 Å². The van der Waals surface area contributed by atoms with E-state index in [4.69, 9.17) is 23.8 Å². The molecular formula is C14H14ClN3S. The molecule has 0 spiro atoms. The van der Waals surface area contributed by atoms with Crippen LogP contribution < -0.4 is 16.2 Å². The maximum absolute atomic E-state index is 5.81. The second kappa shape index (κ2) is 6.41. The SMILES string of the molecule is Cc1ccc(NNC(=S)Nc2ccc(Cl)cc2)cc1. The number of aryl methyl sites for hydroxylation is 1. The van der Waals surface area contributed by atoms with Crippen LogP contribution in [0.4, 0.5) is 11.4 Å². The highest BCUT2D eigenvalue weighted by Crippen LogP contribution is 2.13. The number of halogens is 1. The lowest BCUT2D eigenvalue weighted by Gasteiger charge is -2.12. The van der Waals surface area contributed by atoms with Crippen LogP contribution in [0, 0.1) is 6.92 Å². The molecule has 19 heavy (non-hydrogen) atoms. The molecule has 98 valence electrons. The van der Waals surface area contributed by atoms with Gasteiger partial charge < -0.3 is 5.32 Å². The predicted molar refractivity (Wildman–Crippen MR) is 85.6 cm³/mol. The third-order valence-corrected chi connectivity index (χ3v) is 2.93. The molecule has 3 nitrogen and oxygen atoms in total. The van der Waals surface area contributed by atoms with Crippen molar-refractivity contribution in [2.45, 2.75) is 6.92 Å². The van der Waals surface area contributed by atoms with E-state index in [1.165, 1.54) is 5.56 Å². The largest absolute Gasteiger partial charge is 0.331 e. The van der Waals surface area contributed by atoms with E-state index in [0.29, 0.717) is 10.1 Å². The fourth-order valence-corrected chi connectivity index (χ4v) is 1.76. The van der Waals surface area contributed by atoms with Gasteiger partial charge in [0.15, 0.2) is 5.11 Å². The van der Waals surface area contributed by atoms with Gasteiger partial charge in [0.25, 0.3) is 0 Å². The van der Waals surface area contributed by atoms with Crippen LogP contribution in [0.2, 0.25) is 5.02 Å². The summed E-state index contributed by atoms with van der Waals surface area (Å²) >= 11 is 11.0. The average Bonchev–Trinajstić information content (AvgIpc) is 2.41. The second-order valence-electron chi connectivity index (χ2n) is 4.08. The highest BCUT2D eigenvalue weighted by atomic mass is 35.5. The molecule has 5 heteroatoms. The molecule has 0 heterocycles. The number of rotatable bonds is 3. The van der Waals surface area contributed by atoms with Crippen LogP contribution >= 0.6 is 23.8 Å². The van der Waals surface area contributed by atoms with E-state index in [1.807, 2.05) is 43.3 Å².